The van der Waals surface area contributed by atoms with Gasteiger partial charge in [-0.2, -0.15) is 5.26 Å². The molecule has 136 valence electrons. The highest BCUT2D eigenvalue weighted by Gasteiger charge is 2.49. The van der Waals surface area contributed by atoms with Gasteiger partial charge in [-0.25, -0.2) is 0 Å². The van der Waals surface area contributed by atoms with Crippen LogP contribution in [0.1, 0.15) is 43.2 Å². The number of carbonyl (C=O) groups is 2. The number of carbonyl (C=O) groups excluding carboxylic acids is 2. The zero-order valence-corrected chi connectivity index (χ0v) is 14.9. The van der Waals surface area contributed by atoms with E-state index in [1.807, 2.05) is 17.0 Å². The lowest BCUT2D eigenvalue weighted by atomic mass is 9.68. The SMILES string of the molecule is N#Cc1ccc2c(c1)NC(=O)C21CCC(N2CCCN(C=O)CC2)CC1. The van der Waals surface area contributed by atoms with Gasteiger partial charge in [0.1, 0.15) is 0 Å². The lowest BCUT2D eigenvalue weighted by Gasteiger charge is -2.40. The monoisotopic (exact) mass is 352 g/mol. The van der Waals surface area contributed by atoms with E-state index >= 15 is 0 Å². The Labute approximate surface area is 153 Å². The van der Waals surface area contributed by atoms with Gasteiger partial charge in [-0.1, -0.05) is 6.07 Å². The smallest absolute Gasteiger partial charge is 0.235 e. The van der Waals surface area contributed by atoms with Crippen molar-refractivity contribution in [2.75, 3.05) is 31.5 Å². The summed E-state index contributed by atoms with van der Waals surface area (Å²) in [6.45, 7) is 3.58. The third-order valence-corrected chi connectivity index (χ3v) is 6.39. The number of nitriles is 1. The van der Waals surface area contributed by atoms with Gasteiger partial charge < -0.3 is 10.2 Å². The van der Waals surface area contributed by atoms with Gasteiger partial charge >= 0.3 is 0 Å². The molecule has 0 aromatic heterocycles. The average Bonchev–Trinajstić information content (AvgIpc) is 2.83. The van der Waals surface area contributed by atoms with Crippen molar-refractivity contribution in [3.8, 4) is 6.07 Å². The van der Waals surface area contributed by atoms with E-state index in [1.54, 1.807) is 6.07 Å². The maximum absolute atomic E-state index is 12.8. The maximum atomic E-state index is 12.8. The van der Waals surface area contributed by atoms with Crippen LogP contribution in [0, 0.1) is 11.3 Å². The largest absolute Gasteiger partial charge is 0.344 e. The molecule has 1 saturated carbocycles. The molecule has 1 aromatic carbocycles. The Hall–Kier alpha value is -2.39. The van der Waals surface area contributed by atoms with Crippen molar-refractivity contribution < 1.29 is 9.59 Å². The van der Waals surface area contributed by atoms with Gasteiger partial charge in [0.25, 0.3) is 0 Å². The summed E-state index contributed by atoms with van der Waals surface area (Å²) in [5.41, 5.74) is 2.02. The average molecular weight is 352 g/mol. The number of hydrogen-bond donors (Lipinski definition) is 1. The molecule has 26 heavy (non-hydrogen) atoms. The first kappa shape index (κ1) is 17.0. The first-order valence-electron chi connectivity index (χ1n) is 9.46. The standard InChI is InChI=1S/C20H24N4O2/c21-13-15-2-3-17-18(12-15)22-19(26)20(17)6-4-16(5-7-20)24-9-1-8-23(14-25)10-11-24/h2-3,12,14,16H,1,4-11H2,(H,22,26). The highest BCUT2D eigenvalue weighted by molar-refractivity contribution is 6.06. The van der Waals surface area contributed by atoms with E-state index < -0.39 is 5.41 Å². The van der Waals surface area contributed by atoms with Crippen LogP contribution in [-0.4, -0.2) is 54.3 Å². The molecule has 4 rings (SSSR count). The molecule has 2 amide bonds. The molecule has 0 unspecified atom stereocenters. The Morgan fingerprint density at radius 2 is 2.00 bits per heavy atom. The summed E-state index contributed by atoms with van der Waals surface area (Å²) in [5.74, 6) is 0.0871. The molecule has 1 N–H and O–H groups in total. The van der Waals surface area contributed by atoms with Crippen molar-refractivity contribution in [1.82, 2.24) is 9.80 Å². The summed E-state index contributed by atoms with van der Waals surface area (Å²) in [7, 11) is 0. The molecule has 2 aliphatic heterocycles. The summed E-state index contributed by atoms with van der Waals surface area (Å²) in [6.07, 6.45) is 5.64. The molecule has 6 heteroatoms. The summed E-state index contributed by atoms with van der Waals surface area (Å²) >= 11 is 0. The maximum Gasteiger partial charge on any atom is 0.235 e. The van der Waals surface area contributed by atoms with E-state index in [4.69, 9.17) is 5.26 Å². The van der Waals surface area contributed by atoms with Crippen molar-refractivity contribution in [3.05, 3.63) is 29.3 Å². The van der Waals surface area contributed by atoms with E-state index in [0.29, 0.717) is 11.6 Å². The highest BCUT2D eigenvalue weighted by Crippen LogP contribution is 2.48. The highest BCUT2D eigenvalue weighted by atomic mass is 16.2. The van der Waals surface area contributed by atoms with Crippen molar-refractivity contribution >= 4 is 18.0 Å². The van der Waals surface area contributed by atoms with E-state index in [1.165, 1.54) is 0 Å². The van der Waals surface area contributed by atoms with Gasteiger partial charge in [-0.3, -0.25) is 14.5 Å². The molecule has 0 atom stereocenters. The van der Waals surface area contributed by atoms with E-state index in [0.717, 1.165) is 75.9 Å². The molecule has 1 aromatic rings. The molecule has 0 bridgehead atoms. The van der Waals surface area contributed by atoms with Gasteiger partial charge in [-0.05, 0) is 49.8 Å². The molecule has 0 radical (unpaired) electrons. The predicted molar refractivity (Wildman–Crippen MR) is 97.5 cm³/mol. The number of hydrogen-bond acceptors (Lipinski definition) is 4. The van der Waals surface area contributed by atoms with Crippen LogP contribution in [0.4, 0.5) is 5.69 Å². The predicted octanol–water partition coefficient (Wildman–Crippen LogP) is 1.85. The minimum atomic E-state index is -0.430. The third kappa shape index (κ3) is 2.77. The Morgan fingerprint density at radius 1 is 1.19 bits per heavy atom. The van der Waals surface area contributed by atoms with Crippen LogP contribution in [0.3, 0.4) is 0 Å². The lowest BCUT2D eigenvalue weighted by molar-refractivity contribution is -0.122. The molecule has 3 aliphatic rings. The van der Waals surface area contributed by atoms with Crippen molar-refractivity contribution in [2.45, 2.75) is 43.6 Å². The summed E-state index contributed by atoms with van der Waals surface area (Å²) < 4.78 is 0. The van der Waals surface area contributed by atoms with Crippen LogP contribution in [-0.2, 0) is 15.0 Å². The topological polar surface area (TPSA) is 76.4 Å². The number of rotatable bonds is 2. The van der Waals surface area contributed by atoms with E-state index in [-0.39, 0.29) is 5.91 Å². The number of amides is 2. The van der Waals surface area contributed by atoms with Crippen LogP contribution < -0.4 is 5.32 Å². The van der Waals surface area contributed by atoms with E-state index in [2.05, 4.69) is 16.3 Å². The fourth-order valence-electron chi connectivity index (χ4n) is 4.88. The third-order valence-electron chi connectivity index (χ3n) is 6.39. The number of nitrogens with one attached hydrogen (secondary N) is 1. The second-order valence-corrected chi connectivity index (χ2v) is 7.67. The van der Waals surface area contributed by atoms with Crippen LogP contribution in [0.2, 0.25) is 0 Å². The lowest BCUT2D eigenvalue weighted by Crippen LogP contribution is -2.46. The van der Waals surface area contributed by atoms with Gasteiger partial charge in [0.15, 0.2) is 0 Å². The quantitative estimate of drug-likeness (QED) is 0.824. The minimum Gasteiger partial charge on any atom is -0.344 e. The van der Waals surface area contributed by atoms with Crippen LogP contribution in [0.5, 0.6) is 0 Å². The molecule has 1 aliphatic carbocycles. The minimum absolute atomic E-state index is 0.0871. The van der Waals surface area contributed by atoms with Crippen LogP contribution in [0.25, 0.3) is 0 Å². The number of benzene rings is 1. The first-order chi connectivity index (χ1) is 12.7. The molecule has 2 fully saturated rings. The molecule has 2 heterocycles. The Bertz CT molecular complexity index is 762. The van der Waals surface area contributed by atoms with Crippen LogP contribution >= 0.6 is 0 Å². The normalized spacial score (nSPS) is 29.0. The summed E-state index contributed by atoms with van der Waals surface area (Å²) in [5, 5.41) is 12.1. The fraction of sp³-hybridized carbons (Fsp3) is 0.550. The summed E-state index contributed by atoms with van der Waals surface area (Å²) in [6, 6.07) is 8.19. The van der Waals surface area contributed by atoms with E-state index in [9.17, 15) is 9.59 Å². The van der Waals surface area contributed by atoms with Crippen molar-refractivity contribution in [3.63, 3.8) is 0 Å². The van der Waals surface area contributed by atoms with Crippen molar-refractivity contribution in [2.24, 2.45) is 0 Å². The van der Waals surface area contributed by atoms with Gasteiger partial charge in [0.2, 0.25) is 12.3 Å². The number of fused-ring (bicyclic) bond motifs is 2. The summed E-state index contributed by atoms with van der Waals surface area (Å²) in [4.78, 5) is 28.1. The van der Waals surface area contributed by atoms with Gasteiger partial charge in [0, 0.05) is 37.9 Å². The second-order valence-electron chi connectivity index (χ2n) is 7.67. The Morgan fingerprint density at radius 3 is 2.73 bits per heavy atom. The molecular weight excluding hydrogens is 328 g/mol. The van der Waals surface area contributed by atoms with Gasteiger partial charge in [0.05, 0.1) is 17.0 Å². The zero-order valence-electron chi connectivity index (χ0n) is 14.9. The molecule has 1 saturated heterocycles. The number of anilines is 1. The number of nitrogens with zero attached hydrogens (tertiary/aromatic N) is 3. The Balaban J connectivity index is 1.48. The Kier molecular flexibility index (Phi) is 4.41. The van der Waals surface area contributed by atoms with Crippen LogP contribution in [0.15, 0.2) is 18.2 Å². The molecule has 1 spiro atoms. The second kappa shape index (κ2) is 6.73. The van der Waals surface area contributed by atoms with Crippen molar-refractivity contribution in [1.29, 1.82) is 5.26 Å². The molecule has 6 nitrogen and oxygen atoms in total. The fourth-order valence-corrected chi connectivity index (χ4v) is 4.88. The molecular formula is C20H24N4O2. The first-order valence-corrected chi connectivity index (χ1v) is 9.46. The van der Waals surface area contributed by atoms with Gasteiger partial charge in [-0.15, -0.1) is 0 Å². The zero-order chi connectivity index (χ0) is 18.1.